The van der Waals surface area contributed by atoms with Crippen LogP contribution in [0.3, 0.4) is 0 Å². The molecule has 0 N–H and O–H groups in total. The smallest absolute Gasteiger partial charge is 0.208 e. The Balaban J connectivity index is 2.46. The van der Waals surface area contributed by atoms with Gasteiger partial charge in [-0.2, -0.15) is 0 Å². The predicted molar refractivity (Wildman–Crippen MR) is 71.2 cm³/mol. The van der Waals surface area contributed by atoms with E-state index in [0.717, 1.165) is 23.4 Å². The molecular formula is C13H9BrF2OS. The molecule has 1 aromatic carbocycles. The van der Waals surface area contributed by atoms with Gasteiger partial charge in [-0.3, -0.25) is 4.79 Å². The Morgan fingerprint density at radius 3 is 2.39 bits per heavy atom. The topological polar surface area (TPSA) is 17.1 Å². The second-order valence-corrected chi connectivity index (χ2v) is 5.78. The molecule has 0 saturated carbocycles. The molecule has 5 heteroatoms. The van der Waals surface area contributed by atoms with E-state index >= 15 is 0 Å². The van der Waals surface area contributed by atoms with Crippen LogP contribution in [-0.4, -0.2) is 5.78 Å². The van der Waals surface area contributed by atoms with Gasteiger partial charge in [-0.15, -0.1) is 11.3 Å². The van der Waals surface area contributed by atoms with Gasteiger partial charge in [-0.25, -0.2) is 8.78 Å². The van der Waals surface area contributed by atoms with Crippen molar-refractivity contribution in [3.8, 4) is 0 Å². The van der Waals surface area contributed by atoms with Crippen LogP contribution in [-0.2, 0) is 6.42 Å². The van der Waals surface area contributed by atoms with Crippen molar-refractivity contribution in [2.45, 2.75) is 13.3 Å². The van der Waals surface area contributed by atoms with E-state index in [-0.39, 0.29) is 4.47 Å². The highest BCUT2D eigenvalue weighted by atomic mass is 79.9. The SMILES string of the molecule is CCc1ccc(C(=O)c2c(F)cc(Br)cc2F)s1. The molecule has 0 aliphatic carbocycles. The van der Waals surface area contributed by atoms with Crippen LogP contribution in [0.2, 0.25) is 0 Å². The third-order valence-electron chi connectivity index (χ3n) is 2.47. The van der Waals surface area contributed by atoms with Crippen molar-refractivity contribution < 1.29 is 13.6 Å². The van der Waals surface area contributed by atoms with Crippen LogP contribution in [0.4, 0.5) is 8.78 Å². The van der Waals surface area contributed by atoms with E-state index in [1.807, 2.05) is 6.92 Å². The third kappa shape index (κ3) is 2.52. The third-order valence-corrected chi connectivity index (χ3v) is 4.15. The molecule has 0 aliphatic rings. The summed E-state index contributed by atoms with van der Waals surface area (Å²) in [6.07, 6.45) is 0.795. The maximum Gasteiger partial charge on any atom is 0.208 e. The summed E-state index contributed by atoms with van der Waals surface area (Å²) >= 11 is 4.24. The minimum Gasteiger partial charge on any atom is -0.287 e. The molecule has 0 spiro atoms. The van der Waals surface area contributed by atoms with E-state index in [9.17, 15) is 13.6 Å². The van der Waals surface area contributed by atoms with Gasteiger partial charge in [0.05, 0.1) is 10.4 Å². The van der Waals surface area contributed by atoms with Crippen molar-refractivity contribution in [1.82, 2.24) is 0 Å². The first kappa shape index (κ1) is 13.4. The predicted octanol–water partition coefficient (Wildman–Crippen LogP) is 4.58. The van der Waals surface area contributed by atoms with E-state index in [2.05, 4.69) is 15.9 Å². The molecule has 18 heavy (non-hydrogen) atoms. The fourth-order valence-electron chi connectivity index (χ4n) is 1.57. The van der Waals surface area contributed by atoms with Crippen LogP contribution >= 0.6 is 27.3 Å². The van der Waals surface area contributed by atoms with Gasteiger partial charge in [0.15, 0.2) is 0 Å². The molecule has 0 saturated heterocycles. The van der Waals surface area contributed by atoms with Gasteiger partial charge in [0.25, 0.3) is 0 Å². The molecule has 1 heterocycles. The molecule has 0 bridgehead atoms. The number of hydrogen-bond acceptors (Lipinski definition) is 2. The summed E-state index contributed by atoms with van der Waals surface area (Å²) in [5.74, 6) is -2.31. The summed E-state index contributed by atoms with van der Waals surface area (Å²) in [5, 5.41) is 0. The quantitative estimate of drug-likeness (QED) is 0.752. The molecule has 1 nitrogen and oxygen atoms in total. The normalized spacial score (nSPS) is 10.7. The number of halogens is 3. The van der Waals surface area contributed by atoms with Crippen molar-refractivity contribution >= 4 is 33.0 Å². The zero-order valence-electron chi connectivity index (χ0n) is 9.47. The van der Waals surface area contributed by atoms with E-state index < -0.39 is 23.0 Å². The lowest BCUT2D eigenvalue weighted by molar-refractivity contribution is 0.103. The van der Waals surface area contributed by atoms with Crippen LogP contribution in [0.25, 0.3) is 0 Å². The monoisotopic (exact) mass is 330 g/mol. The number of ketones is 1. The van der Waals surface area contributed by atoms with Gasteiger partial charge < -0.3 is 0 Å². The molecule has 94 valence electrons. The maximum atomic E-state index is 13.6. The van der Waals surface area contributed by atoms with Crippen molar-refractivity contribution in [1.29, 1.82) is 0 Å². The summed E-state index contributed by atoms with van der Waals surface area (Å²) in [5.41, 5.74) is -0.497. The summed E-state index contributed by atoms with van der Waals surface area (Å²) in [7, 11) is 0. The molecule has 0 aliphatic heterocycles. The van der Waals surface area contributed by atoms with Gasteiger partial charge in [-0.1, -0.05) is 22.9 Å². The Kier molecular flexibility index (Phi) is 3.92. The standard InChI is InChI=1S/C13H9BrF2OS/c1-2-8-3-4-11(18-8)13(17)12-9(15)5-7(14)6-10(12)16/h3-6H,2H2,1H3. The first-order valence-electron chi connectivity index (χ1n) is 5.31. The van der Waals surface area contributed by atoms with E-state index in [1.165, 1.54) is 11.3 Å². The molecule has 0 atom stereocenters. The molecule has 0 radical (unpaired) electrons. The molecule has 2 aromatic rings. The number of hydrogen-bond donors (Lipinski definition) is 0. The summed E-state index contributed by atoms with van der Waals surface area (Å²) in [4.78, 5) is 13.4. The van der Waals surface area contributed by atoms with Crippen LogP contribution < -0.4 is 0 Å². The van der Waals surface area contributed by atoms with Gasteiger partial charge in [0.1, 0.15) is 11.6 Å². The Morgan fingerprint density at radius 2 is 1.89 bits per heavy atom. The largest absolute Gasteiger partial charge is 0.287 e. The second kappa shape index (κ2) is 5.28. The van der Waals surface area contributed by atoms with Gasteiger partial charge in [0, 0.05) is 9.35 Å². The number of carbonyl (C=O) groups is 1. The summed E-state index contributed by atoms with van der Waals surface area (Å²) in [6, 6.07) is 5.58. The number of rotatable bonds is 3. The first-order chi connectivity index (χ1) is 8.52. The highest BCUT2D eigenvalue weighted by Gasteiger charge is 2.21. The summed E-state index contributed by atoms with van der Waals surface area (Å²) < 4.78 is 27.6. The average Bonchev–Trinajstić information content (AvgIpc) is 2.75. The van der Waals surface area contributed by atoms with Crippen LogP contribution in [0.5, 0.6) is 0 Å². The van der Waals surface area contributed by atoms with Crippen LogP contribution in [0.1, 0.15) is 27.0 Å². The lowest BCUT2D eigenvalue weighted by Crippen LogP contribution is -2.06. The lowest BCUT2D eigenvalue weighted by atomic mass is 10.1. The molecule has 2 rings (SSSR count). The van der Waals surface area contributed by atoms with Crippen molar-refractivity contribution in [3.63, 3.8) is 0 Å². The first-order valence-corrected chi connectivity index (χ1v) is 6.91. The molecule has 0 fully saturated rings. The molecule has 0 amide bonds. The number of benzene rings is 1. The zero-order valence-corrected chi connectivity index (χ0v) is 11.9. The second-order valence-electron chi connectivity index (χ2n) is 3.69. The van der Waals surface area contributed by atoms with E-state index in [1.54, 1.807) is 12.1 Å². The molecule has 1 aromatic heterocycles. The zero-order chi connectivity index (χ0) is 13.3. The summed E-state index contributed by atoms with van der Waals surface area (Å²) in [6.45, 7) is 1.96. The van der Waals surface area contributed by atoms with Gasteiger partial charge in [-0.05, 0) is 30.7 Å². The van der Waals surface area contributed by atoms with Crippen molar-refractivity contribution in [3.05, 3.63) is 55.7 Å². The van der Waals surface area contributed by atoms with Crippen LogP contribution in [0.15, 0.2) is 28.7 Å². The van der Waals surface area contributed by atoms with Crippen molar-refractivity contribution in [2.24, 2.45) is 0 Å². The van der Waals surface area contributed by atoms with Gasteiger partial charge >= 0.3 is 0 Å². The fraction of sp³-hybridized carbons (Fsp3) is 0.154. The molecular weight excluding hydrogens is 322 g/mol. The Labute approximate surface area is 116 Å². The number of aryl methyl sites for hydroxylation is 1. The highest BCUT2D eigenvalue weighted by molar-refractivity contribution is 9.10. The number of carbonyl (C=O) groups excluding carboxylic acids is 1. The van der Waals surface area contributed by atoms with Crippen LogP contribution in [0, 0.1) is 11.6 Å². The highest BCUT2D eigenvalue weighted by Crippen LogP contribution is 2.25. The minimum absolute atomic E-state index is 0.273. The maximum absolute atomic E-state index is 13.6. The molecule has 0 unspecified atom stereocenters. The van der Waals surface area contributed by atoms with Crippen molar-refractivity contribution in [2.75, 3.05) is 0 Å². The van der Waals surface area contributed by atoms with Gasteiger partial charge in [0.2, 0.25) is 5.78 Å². The van der Waals surface area contributed by atoms with E-state index in [4.69, 9.17) is 0 Å². The van der Waals surface area contributed by atoms with E-state index in [0.29, 0.717) is 4.88 Å². The Morgan fingerprint density at radius 1 is 1.28 bits per heavy atom. The Bertz CT molecular complexity index is 584. The minimum atomic E-state index is -0.849. The lowest BCUT2D eigenvalue weighted by Gasteiger charge is -2.03. The Hall–Kier alpha value is -1.07. The average molecular weight is 331 g/mol. The number of thiophene rings is 1. The fourth-order valence-corrected chi connectivity index (χ4v) is 2.87.